The minimum Gasteiger partial charge on any atom is -0.361 e. The average Bonchev–Trinajstić information content (AvgIpc) is 2.68. The zero-order chi connectivity index (χ0) is 11.5. The largest absolute Gasteiger partial charge is 0.361 e. The molecule has 16 heavy (non-hydrogen) atoms. The molecule has 0 unspecified atom stereocenters. The van der Waals surface area contributed by atoms with Crippen LogP contribution in [0, 0.1) is 3.57 Å². The first-order valence-electron chi connectivity index (χ1n) is 5.64. The Labute approximate surface area is 110 Å². The summed E-state index contributed by atoms with van der Waals surface area (Å²) in [6.45, 7) is 4.42. The number of rotatable bonds is 4. The molecule has 0 saturated carbocycles. The van der Waals surface area contributed by atoms with E-state index in [0.717, 1.165) is 19.5 Å². The molecule has 0 aliphatic heterocycles. The summed E-state index contributed by atoms with van der Waals surface area (Å²) >= 11 is 2.37. The second kappa shape index (κ2) is 5.19. The van der Waals surface area contributed by atoms with Gasteiger partial charge in [0.25, 0.3) is 0 Å². The molecule has 86 valence electrons. The highest BCUT2D eigenvalue weighted by Crippen LogP contribution is 2.21. The fourth-order valence-corrected chi connectivity index (χ4v) is 2.32. The molecule has 0 bridgehead atoms. The normalized spacial score (nSPS) is 11.5. The van der Waals surface area contributed by atoms with Gasteiger partial charge in [-0.15, -0.1) is 0 Å². The Hall–Kier alpha value is -0.550. The van der Waals surface area contributed by atoms with Gasteiger partial charge in [0, 0.05) is 27.2 Å². The third kappa shape index (κ3) is 2.58. The van der Waals surface area contributed by atoms with E-state index in [1.54, 1.807) is 0 Å². The number of aromatic amines is 1. The highest BCUT2D eigenvalue weighted by Gasteiger charge is 2.04. The SMILES string of the molecule is CCN(C)CCc1c[nH]c2ccc(I)cc12. The maximum atomic E-state index is 3.34. The maximum Gasteiger partial charge on any atom is 0.0457 e. The summed E-state index contributed by atoms with van der Waals surface area (Å²) in [4.78, 5) is 5.68. The van der Waals surface area contributed by atoms with Crippen molar-refractivity contribution in [1.82, 2.24) is 9.88 Å². The van der Waals surface area contributed by atoms with Crippen molar-refractivity contribution in [2.24, 2.45) is 0 Å². The van der Waals surface area contributed by atoms with Crippen molar-refractivity contribution >= 4 is 33.5 Å². The summed E-state index contributed by atoms with van der Waals surface area (Å²) in [6, 6.07) is 6.55. The van der Waals surface area contributed by atoms with Gasteiger partial charge in [-0.1, -0.05) is 6.92 Å². The van der Waals surface area contributed by atoms with Gasteiger partial charge < -0.3 is 9.88 Å². The van der Waals surface area contributed by atoms with Crippen LogP contribution in [0.3, 0.4) is 0 Å². The number of nitrogens with zero attached hydrogens (tertiary/aromatic N) is 1. The van der Waals surface area contributed by atoms with E-state index in [1.165, 1.54) is 20.0 Å². The summed E-state index contributed by atoms with van der Waals surface area (Å²) in [5, 5.41) is 1.37. The molecule has 0 spiro atoms. The lowest BCUT2D eigenvalue weighted by Crippen LogP contribution is -2.20. The van der Waals surface area contributed by atoms with E-state index >= 15 is 0 Å². The molecule has 2 aromatic rings. The van der Waals surface area contributed by atoms with E-state index in [1.807, 2.05) is 0 Å². The second-order valence-corrected chi connectivity index (χ2v) is 5.40. The van der Waals surface area contributed by atoms with Crippen LogP contribution in [0.5, 0.6) is 0 Å². The van der Waals surface area contributed by atoms with Crippen molar-refractivity contribution in [3.63, 3.8) is 0 Å². The van der Waals surface area contributed by atoms with Gasteiger partial charge in [-0.25, -0.2) is 0 Å². The van der Waals surface area contributed by atoms with Crippen LogP contribution in [0.2, 0.25) is 0 Å². The van der Waals surface area contributed by atoms with Gasteiger partial charge in [-0.2, -0.15) is 0 Å². The second-order valence-electron chi connectivity index (χ2n) is 4.15. The van der Waals surface area contributed by atoms with Crippen molar-refractivity contribution < 1.29 is 0 Å². The number of hydrogen-bond donors (Lipinski definition) is 1. The molecule has 2 rings (SSSR count). The molecule has 0 fully saturated rings. The Morgan fingerprint density at radius 2 is 2.19 bits per heavy atom. The standard InChI is InChI=1S/C13H17IN2/c1-3-16(2)7-6-10-9-15-13-5-4-11(14)8-12(10)13/h4-5,8-9,15H,3,6-7H2,1-2H3. The molecular weight excluding hydrogens is 311 g/mol. The highest BCUT2D eigenvalue weighted by molar-refractivity contribution is 14.1. The van der Waals surface area contributed by atoms with Gasteiger partial charge >= 0.3 is 0 Å². The first-order valence-corrected chi connectivity index (χ1v) is 6.72. The molecule has 0 radical (unpaired) electrons. The quantitative estimate of drug-likeness (QED) is 0.854. The van der Waals surface area contributed by atoms with E-state index in [0.29, 0.717) is 0 Å². The molecule has 1 aromatic carbocycles. The molecule has 0 saturated heterocycles. The van der Waals surface area contributed by atoms with Crippen LogP contribution in [0.4, 0.5) is 0 Å². The van der Waals surface area contributed by atoms with Crippen molar-refractivity contribution in [3.8, 4) is 0 Å². The summed E-state index contributed by atoms with van der Waals surface area (Å²) in [5.41, 5.74) is 2.67. The fourth-order valence-electron chi connectivity index (χ4n) is 1.83. The van der Waals surface area contributed by atoms with Crippen LogP contribution in [0.25, 0.3) is 10.9 Å². The van der Waals surface area contributed by atoms with Crippen LogP contribution < -0.4 is 0 Å². The van der Waals surface area contributed by atoms with Crippen LogP contribution in [0.1, 0.15) is 12.5 Å². The Kier molecular flexibility index (Phi) is 3.86. The summed E-state index contributed by atoms with van der Waals surface area (Å²) in [7, 11) is 2.17. The number of aromatic nitrogens is 1. The van der Waals surface area contributed by atoms with E-state index in [4.69, 9.17) is 0 Å². The van der Waals surface area contributed by atoms with Crippen LogP contribution in [-0.2, 0) is 6.42 Å². The zero-order valence-electron chi connectivity index (χ0n) is 9.76. The van der Waals surface area contributed by atoms with Crippen molar-refractivity contribution in [2.45, 2.75) is 13.3 Å². The molecule has 0 amide bonds. The van der Waals surface area contributed by atoms with Gasteiger partial charge in [0.2, 0.25) is 0 Å². The number of H-pyrrole nitrogens is 1. The zero-order valence-corrected chi connectivity index (χ0v) is 11.9. The van der Waals surface area contributed by atoms with Gasteiger partial charge in [-0.3, -0.25) is 0 Å². The first-order chi connectivity index (χ1) is 7.70. The minimum atomic E-state index is 1.11. The van der Waals surface area contributed by atoms with E-state index < -0.39 is 0 Å². The summed E-state index contributed by atoms with van der Waals surface area (Å²) < 4.78 is 1.30. The maximum absolute atomic E-state index is 3.34. The Morgan fingerprint density at radius 1 is 1.38 bits per heavy atom. The number of hydrogen-bond acceptors (Lipinski definition) is 1. The topological polar surface area (TPSA) is 19.0 Å². The lowest BCUT2D eigenvalue weighted by molar-refractivity contribution is 0.358. The monoisotopic (exact) mass is 328 g/mol. The van der Waals surface area contributed by atoms with Crippen LogP contribution in [0.15, 0.2) is 24.4 Å². The molecule has 0 aliphatic carbocycles. The smallest absolute Gasteiger partial charge is 0.0457 e. The van der Waals surface area contributed by atoms with Gasteiger partial charge in [0.05, 0.1) is 0 Å². The predicted octanol–water partition coefficient (Wildman–Crippen LogP) is 3.27. The number of nitrogens with one attached hydrogen (secondary N) is 1. The molecule has 2 nitrogen and oxygen atoms in total. The Bertz CT molecular complexity index is 476. The molecule has 0 atom stereocenters. The number of halogens is 1. The van der Waals surface area contributed by atoms with Gasteiger partial charge in [0.15, 0.2) is 0 Å². The van der Waals surface area contributed by atoms with E-state index in [2.05, 4.69) is 70.8 Å². The minimum absolute atomic E-state index is 1.11. The van der Waals surface area contributed by atoms with Crippen LogP contribution in [-0.4, -0.2) is 30.0 Å². The lowest BCUT2D eigenvalue weighted by Gasteiger charge is -2.12. The highest BCUT2D eigenvalue weighted by atomic mass is 127. The summed E-state index contributed by atoms with van der Waals surface area (Å²) in [6.07, 6.45) is 3.26. The molecule has 0 aliphatic rings. The first kappa shape index (κ1) is 11.9. The van der Waals surface area contributed by atoms with Crippen molar-refractivity contribution in [2.75, 3.05) is 20.1 Å². The Balaban J connectivity index is 2.21. The van der Waals surface area contributed by atoms with Crippen molar-refractivity contribution in [1.29, 1.82) is 0 Å². The third-order valence-corrected chi connectivity index (χ3v) is 3.70. The Morgan fingerprint density at radius 3 is 2.94 bits per heavy atom. The fraction of sp³-hybridized carbons (Fsp3) is 0.385. The van der Waals surface area contributed by atoms with Crippen LogP contribution >= 0.6 is 22.6 Å². The molecule has 1 heterocycles. The van der Waals surface area contributed by atoms with Gasteiger partial charge in [0.1, 0.15) is 0 Å². The van der Waals surface area contributed by atoms with E-state index in [-0.39, 0.29) is 0 Å². The van der Waals surface area contributed by atoms with Gasteiger partial charge in [-0.05, 0) is 66.4 Å². The third-order valence-electron chi connectivity index (χ3n) is 3.03. The molecule has 1 N–H and O–H groups in total. The number of fused-ring (bicyclic) bond motifs is 1. The number of benzene rings is 1. The number of likely N-dealkylation sites (N-methyl/N-ethyl adjacent to an activating group) is 1. The average molecular weight is 328 g/mol. The van der Waals surface area contributed by atoms with E-state index in [9.17, 15) is 0 Å². The predicted molar refractivity (Wildman–Crippen MR) is 77.9 cm³/mol. The summed E-state index contributed by atoms with van der Waals surface area (Å²) in [5.74, 6) is 0. The van der Waals surface area contributed by atoms with Crippen molar-refractivity contribution in [3.05, 3.63) is 33.5 Å². The molecule has 3 heteroatoms. The molecular formula is C13H17IN2. The molecule has 1 aromatic heterocycles. The lowest BCUT2D eigenvalue weighted by atomic mass is 10.1.